The van der Waals surface area contributed by atoms with Gasteiger partial charge in [0.05, 0.1) is 6.61 Å². The molecule has 1 N–H and O–H groups in total. The SMILES string of the molecule is CCCC1CCCCN1c1ccc(CO)c(Cl)c1. The second kappa shape index (κ2) is 6.44. The Labute approximate surface area is 115 Å². The molecule has 1 heterocycles. The van der Waals surface area contributed by atoms with E-state index in [-0.39, 0.29) is 6.61 Å². The Morgan fingerprint density at radius 3 is 2.89 bits per heavy atom. The van der Waals surface area contributed by atoms with Crippen LogP contribution in [0.2, 0.25) is 5.02 Å². The van der Waals surface area contributed by atoms with Gasteiger partial charge in [-0.2, -0.15) is 0 Å². The van der Waals surface area contributed by atoms with Gasteiger partial charge in [0, 0.05) is 23.3 Å². The summed E-state index contributed by atoms with van der Waals surface area (Å²) in [5, 5.41) is 9.83. The van der Waals surface area contributed by atoms with Gasteiger partial charge in [0.2, 0.25) is 0 Å². The molecule has 0 bridgehead atoms. The van der Waals surface area contributed by atoms with E-state index < -0.39 is 0 Å². The molecule has 0 amide bonds. The largest absolute Gasteiger partial charge is 0.392 e. The van der Waals surface area contributed by atoms with Gasteiger partial charge >= 0.3 is 0 Å². The van der Waals surface area contributed by atoms with E-state index in [1.807, 2.05) is 12.1 Å². The summed E-state index contributed by atoms with van der Waals surface area (Å²) >= 11 is 6.19. The van der Waals surface area contributed by atoms with E-state index in [4.69, 9.17) is 16.7 Å². The van der Waals surface area contributed by atoms with E-state index in [0.717, 1.165) is 12.1 Å². The first-order valence-electron chi connectivity index (χ1n) is 6.92. The van der Waals surface area contributed by atoms with Gasteiger partial charge in [-0.25, -0.2) is 0 Å². The van der Waals surface area contributed by atoms with Crippen molar-refractivity contribution >= 4 is 17.3 Å². The summed E-state index contributed by atoms with van der Waals surface area (Å²) in [5.41, 5.74) is 2.01. The van der Waals surface area contributed by atoms with Crippen molar-refractivity contribution in [2.45, 2.75) is 51.7 Å². The highest BCUT2D eigenvalue weighted by Crippen LogP contribution is 2.30. The number of halogens is 1. The Hall–Kier alpha value is -0.730. The Morgan fingerprint density at radius 2 is 2.22 bits per heavy atom. The van der Waals surface area contributed by atoms with E-state index in [1.165, 1.54) is 37.8 Å². The maximum absolute atomic E-state index is 9.16. The van der Waals surface area contributed by atoms with Crippen molar-refractivity contribution in [1.82, 2.24) is 0 Å². The van der Waals surface area contributed by atoms with E-state index in [2.05, 4.69) is 17.9 Å². The van der Waals surface area contributed by atoms with Crippen LogP contribution in [0, 0.1) is 0 Å². The minimum Gasteiger partial charge on any atom is -0.392 e. The molecule has 1 aliphatic rings. The van der Waals surface area contributed by atoms with Crippen LogP contribution in [0.4, 0.5) is 5.69 Å². The van der Waals surface area contributed by atoms with Gasteiger partial charge in [-0.3, -0.25) is 0 Å². The van der Waals surface area contributed by atoms with Crippen molar-refractivity contribution in [2.24, 2.45) is 0 Å². The zero-order valence-corrected chi connectivity index (χ0v) is 11.8. The van der Waals surface area contributed by atoms with Crippen LogP contribution in [0.1, 0.15) is 44.6 Å². The summed E-state index contributed by atoms with van der Waals surface area (Å²) in [4.78, 5) is 2.49. The summed E-state index contributed by atoms with van der Waals surface area (Å²) in [6, 6.07) is 6.68. The molecule has 0 aromatic heterocycles. The molecule has 0 aliphatic carbocycles. The fraction of sp³-hybridized carbons (Fsp3) is 0.600. The van der Waals surface area contributed by atoms with Crippen LogP contribution in [0.3, 0.4) is 0 Å². The van der Waals surface area contributed by atoms with Crippen LogP contribution in [-0.4, -0.2) is 17.7 Å². The monoisotopic (exact) mass is 267 g/mol. The molecule has 18 heavy (non-hydrogen) atoms. The third-order valence-corrected chi connectivity index (χ3v) is 4.14. The Kier molecular flexibility index (Phi) is 4.90. The van der Waals surface area contributed by atoms with Crippen LogP contribution in [0.25, 0.3) is 0 Å². The molecule has 1 aromatic carbocycles. The van der Waals surface area contributed by atoms with Crippen LogP contribution < -0.4 is 4.90 Å². The van der Waals surface area contributed by atoms with Gasteiger partial charge in [0.1, 0.15) is 0 Å². The lowest BCUT2D eigenvalue weighted by Crippen LogP contribution is -2.39. The van der Waals surface area contributed by atoms with Gasteiger partial charge in [-0.05, 0) is 43.4 Å². The molecule has 3 heteroatoms. The number of rotatable bonds is 4. The van der Waals surface area contributed by atoms with Crippen molar-refractivity contribution in [3.63, 3.8) is 0 Å². The van der Waals surface area contributed by atoms with Crippen LogP contribution in [-0.2, 0) is 6.61 Å². The number of aliphatic hydroxyl groups is 1. The maximum Gasteiger partial charge on any atom is 0.0696 e. The summed E-state index contributed by atoms with van der Waals surface area (Å²) in [7, 11) is 0. The molecule has 100 valence electrons. The molecule has 1 fully saturated rings. The number of anilines is 1. The maximum atomic E-state index is 9.16. The lowest BCUT2D eigenvalue weighted by Gasteiger charge is -2.38. The highest BCUT2D eigenvalue weighted by molar-refractivity contribution is 6.31. The molecule has 2 nitrogen and oxygen atoms in total. The first-order chi connectivity index (χ1) is 8.76. The number of aliphatic hydroxyl groups excluding tert-OH is 1. The molecular formula is C15H22ClNO. The van der Waals surface area contributed by atoms with Crippen LogP contribution in [0.15, 0.2) is 18.2 Å². The normalized spacial score (nSPS) is 20.2. The van der Waals surface area contributed by atoms with Gasteiger partial charge in [-0.1, -0.05) is 31.0 Å². The van der Waals surface area contributed by atoms with Gasteiger partial charge in [-0.15, -0.1) is 0 Å². The lowest BCUT2D eigenvalue weighted by atomic mass is 9.97. The smallest absolute Gasteiger partial charge is 0.0696 e. The number of hydrogen-bond acceptors (Lipinski definition) is 2. The number of piperidine rings is 1. The van der Waals surface area contributed by atoms with E-state index in [0.29, 0.717) is 11.1 Å². The average Bonchev–Trinajstić information content (AvgIpc) is 2.40. The van der Waals surface area contributed by atoms with Crippen molar-refractivity contribution in [2.75, 3.05) is 11.4 Å². The molecule has 0 spiro atoms. The zero-order chi connectivity index (χ0) is 13.0. The highest BCUT2D eigenvalue weighted by atomic mass is 35.5. The zero-order valence-electron chi connectivity index (χ0n) is 11.0. The van der Waals surface area contributed by atoms with Gasteiger partial charge < -0.3 is 10.0 Å². The highest BCUT2D eigenvalue weighted by Gasteiger charge is 2.22. The second-order valence-corrected chi connectivity index (χ2v) is 5.47. The molecule has 0 radical (unpaired) electrons. The minimum absolute atomic E-state index is 0.0114. The molecule has 2 rings (SSSR count). The number of nitrogens with zero attached hydrogens (tertiary/aromatic N) is 1. The molecule has 0 saturated carbocycles. The average molecular weight is 268 g/mol. The third kappa shape index (κ3) is 2.99. The van der Waals surface area contributed by atoms with Crippen molar-refractivity contribution in [1.29, 1.82) is 0 Å². The predicted octanol–water partition coefficient (Wildman–Crippen LogP) is 3.99. The van der Waals surface area contributed by atoms with Crippen molar-refractivity contribution in [3.8, 4) is 0 Å². The van der Waals surface area contributed by atoms with E-state index in [9.17, 15) is 0 Å². The van der Waals surface area contributed by atoms with Crippen LogP contribution >= 0.6 is 11.6 Å². The second-order valence-electron chi connectivity index (χ2n) is 5.07. The lowest BCUT2D eigenvalue weighted by molar-refractivity contribution is 0.282. The quantitative estimate of drug-likeness (QED) is 0.892. The fourth-order valence-corrected chi connectivity index (χ4v) is 3.05. The summed E-state index contributed by atoms with van der Waals surface area (Å²) in [5.74, 6) is 0. The summed E-state index contributed by atoms with van der Waals surface area (Å²) in [6.07, 6.45) is 6.36. The topological polar surface area (TPSA) is 23.5 Å². The first-order valence-corrected chi connectivity index (χ1v) is 7.30. The fourth-order valence-electron chi connectivity index (χ4n) is 2.82. The predicted molar refractivity (Wildman–Crippen MR) is 77.3 cm³/mol. The van der Waals surface area contributed by atoms with Crippen molar-refractivity contribution in [3.05, 3.63) is 28.8 Å². The van der Waals surface area contributed by atoms with E-state index in [1.54, 1.807) is 0 Å². The van der Waals surface area contributed by atoms with Crippen molar-refractivity contribution < 1.29 is 5.11 Å². The summed E-state index contributed by atoms with van der Waals surface area (Å²) in [6.45, 7) is 3.38. The number of hydrogen-bond donors (Lipinski definition) is 1. The first kappa shape index (κ1) is 13.7. The van der Waals surface area contributed by atoms with E-state index >= 15 is 0 Å². The third-order valence-electron chi connectivity index (χ3n) is 3.79. The summed E-state index contributed by atoms with van der Waals surface area (Å²) < 4.78 is 0. The molecule has 1 aliphatic heterocycles. The Morgan fingerprint density at radius 1 is 1.39 bits per heavy atom. The van der Waals surface area contributed by atoms with Gasteiger partial charge in [0.25, 0.3) is 0 Å². The Bertz CT molecular complexity index is 392. The molecule has 1 unspecified atom stereocenters. The molecular weight excluding hydrogens is 246 g/mol. The Balaban J connectivity index is 2.19. The van der Waals surface area contributed by atoms with Gasteiger partial charge in [0.15, 0.2) is 0 Å². The standard InChI is InChI=1S/C15H22ClNO/c1-2-5-13-6-3-4-9-17(13)14-8-7-12(11-18)15(16)10-14/h7-8,10,13,18H,2-6,9,11H2,1H3. The number of benzene rings is 1. The van der Waals surface area contributed by atoms with Crippen LogP contribution in [0.5, 0.6) is 0 Å². The molecule has 1 aromatic rings. The molecule has 1 atom stereocenters. The minimum atomic E-state index is 0.0114. The molecule has 1 saturated heterocycles.